The van der Waals surface area contributed by atoms with Crippen molar-refractivity contribution in [2.75, 3.05) is 0 Å². The molecule has 0 amide bonds. The van der Waals surface area contributed by atoms with Gasteiger partial charge >= 0.3 is 0 Å². The molecular formula is C29H29PSi. The molecule has 0 aromatic heterocycles. The first-order valence-electron chi connectivity index (χ1n) is 10.8. The topological polar surface area (TPSA) is 0 Å². The second kappa shape index (κ2) is 9.60. The quantitative estimate of drug-likeness (QED) is 0.166. The third-order valence-corrected chi connectivity index (χ3v) is 10.2. The molecule has 0 saturated carbocycles. The van der Waals surface area contributed by atoms with Crippen LogP contribution in [0.25, 0.3) is 10.5 Å². The van der Waals surface area contributed by atoms with E-state index in [-0.39, 0.29) is 0 Å². The van der Waals surface area contributed by atoms with E-state index in [1.165, 1.54) is 27.1 Å². The van der Waals surface area contributed by atoms with E-state index in [1.807, 2.05) is 0 Å². The molecule has 0 fully saturated rings. The van der Waals surface area contributed by atoms with Crippen LogP contribution in [-0.2, 0) is 0 Å². The maximum absolute atomic E-state index is 2.47. The van der Waals surface area contributed by atoms with Crippen LogP contribution < -0.4 is 10.6 Å². The third kappa shape index (κ3) is 4.96. The van der Waals surface area contributed by atoms with Gasteiger partial charge in [-0.3, -0.25) is 0 Å². The van der Waals surface area contributed by atoms with Crippen molar-refractivity contribution in [3.8, 4) is 0 Å². The first-order chi connectivity index (χ1) is 15.1. The smallest absolute Gasteiger partial charge is 0.0656 e. The molecule has 31 heavy (non-hydrogen) atoms. The molecule has 0 spiro atoms. The summed E-state index contributed by atoms with van der Waals surface area (Å²) in [5, 5.41) is 5.85. The van der Waals surface area contributed by atoms with Crippen LogP contribution in [0, 0.1) is 0 Å². The molecule has 0 bridgehead atoms. The molecule has 0 unspecified atom stereocenters. The van der Waals surface area contributed by atoms with E-state index >= 15 is 0 Å². The number of hydrogen-bond donors (Lipinski definition) is 0. The van der Waals surface area contributed by atoms with E-state index in [0.29, 0.717) is 0 Å². The van der Waals surface area contributed by atoms with Crippen LogP contribution in [0.5, 0.6) is 0 Å². The van der Waals surface area contributed by atoms with Crippen molar-refractivity contribution in [3.05, 3.63) is 132 Å². The van der Waals surface area contributed by atoms with Gasteiger partial charge in [0.25, 0.3) is 0 Å². The average molecular weight is 437 g/mol. The fourth-order valence-corrected chi connectivity index (χ4v) is 9.82. The van der Waals surface area contributed by atoms with Gasteiger partial charge in [-0.05, 0) is 40.2 Å². The van der Waals surface area contributed by atoms with Crippen molar-refractivity contribution < 1.29 is 0 Å². The molecule has 154 valence electrons. The zero-order valence-corrected chi connectivity index (χ0v) is 20.4. The van der Waals surface area contributed by atoms with Crippen LogP contribution >= 0.6 is 7.92 Å². The van der Waals surface area contributed by atoms with E-state index in [2.05, 4.69) is 141 Å². The molecule has 0 atom stereocenters. The molecule has 0 aliphatic rings. The first kappa shape index (κ1) is 21.5. The Bertz CT molecular complexity index is 1090. The highest BCUT2D eigenvalue weighted by atomic mass is 31.1. The zero-order valence-electron chi connectivity index (χ0n) is 18.5. The Labute approximate surface area is 189 Å². The number of benzene rings is 4. The Kier molecular flexibility index (Phi) is 6.66. The van der Waals surface area contributed by atoms with Gasteiger partial charge < -0.3 is 0 Å². The summed E-state index contributed by atoms with van der Waals surface area (Å²) in [6, 6.07) is 44.2. The van der Waals surface area contributed by atoms with Crippen LogP contribution in [0.1, 0.15) is 11.1 Å². The molecule has 0 aliphatic heterocycles. The summed E-state index contributed by atoms with van der Waals surface area (Å²) >= 11 is 0. The lowest BCUT2D eigenvalue weighted by atomic mass is 10.1. The predicted octanol–water partition coefficient (Wildman–Crippen LogP) is 7.57. The van der Waals surface area contributed by atoms with Crippen LogP contribution in [-0.4, -0.2) is 8.07 Å². The summed E-state index contributed by atoms with van der Waals surface area (Å²) in [6.45, 7) is 7.42. The third-order valence-electron chi connectivity index (χ3n) is 5.35. The highest BCUT2D eigenvalue weighted by Crippen LogP contribution is 2.54. The first-order valence-corrected chi connectivity index (χ1v) is 15.7. The summed E-state index contributed by atoms with van der Waals surface area (Å²) in [4.78, 5) is 0. The van der Waals surface area contributed by atoms with Crippen molar-refractivity contribution >= 4 is 37.1 Å². The monoisotopic (exact) mass is 436 g/mol. The van der Waals surface area contributed by atoms with Crippen molar-refractivity contribution in [1.29, 1.82) is 0 Å². The van der Waals surface area contributed by atoms with Crippen molar-refractivity contribution in [1.82, 2.24) is 0 Å². The lowest BCUT2D eigenvalue weighted by molar-refractivity contribution is 1.60. The second-order valence-electron chi connectivity index (χ2n) is 8.71. The van der Waals surface area contributed by atoms with Crippen LogP contribution in [0.3, 0.4) is 0 Å². The fourth-order valence-electron chi connectivity index (χ4n) is 4.07. The Morgan fingerprint density at radius 1 is 0.484 bits per heavy atom. The Morgan fingerprint density at radius 2 is 0.839 bits per heavy atom. The summed E-state index contributed by atoms with van der Waals surface area (Å²) in [5.41, 5.74) is 2.70. The van der Waals surface area contributed by atoms with E-state index in [4.69, 9.17) is 0 Å². The SMILES string of the molecule is C[Si](C)(C)/C(=C(\c1ccccc1)P(c1ccccc1)c1ccccc1)c1ccccc1. The van der Waals surface area contributed by atoms with E-state index in [0.717, 1.165) is 0 Å². The average Bonchev–Trinajstić information content (AvgIpc) is 2.80. The lowest BCUT2D eigenvalue weighted by Gasteiger charge is -2.32. The summed E-state index contributed by atoms with van der Waals surface area (Å²) in [7, 11) is -2.41. The van der Waals surface area contributed by atoms with Gasteiger partial charge in [-0.2, -0.15) is 0 Å². The van der Waals surface area contributed by atoms with Gasteiger partial charge in [0.2, 0.25) is 0 Å². The van der Waals surface area contributed by atoms with Crippen LogP contribution in [0.4, 0.5) is 0 Å². The maximum atomic E-state index is 2.47. The highest BCUT2D eigenvalue weighted by Gasteiger charge is 2.31. The molecule has 4 aromatic rings. The highest BCUT2D eigenvalue weighted by molar-refractivity contribution is 7.82. The van der Waals surface area contributed by atoms with Gasteiger partial charge in [0.15, 0.2) is 0 Å². The van der Waals surface area contributed by atoms with Gasteiger partial charge in [0.1, 0.15) is 0 Å². The second-order valence-corrected chi connectivity index (χ2v) is 15.9. The van der Waals surface area contributed by atoms with Gasteiger partial charge in [0.05, 0.1) is 8.07 Å². The number of hydrogen-bond acceptors (Lipinski definition) is 0. The maximum Gasteiger partial charge on any atom is 0.0792 e. The summed E-state index contributed by atoms with van der Waals surface area (Å²) in [5.74, 6) is 0. The standard InChI is InChI=1S/C29H29PSi/c1-31(2,3)29(25-18-10-5-11-19-25)28(24-16-8-4-9-17-24)30(26-20-12-6-13-21-26)27-22-14-7-15-23-27/h4-23H,1-3H3/b29-28+. The van der Waals surface area contributed by atoms with Crippen LogP contribution in [0.15, 0.2) is 121 Å². The van der Waals surface area contributed by atoms with Gasteiger partial charge in [-0.15, -0.1) is 0 Å². The zero-order chi connectivity index (χ0) is 21.7. The largest absolute Gasteiger partial charge is 0.0792 e. The Hall–Kier alpha value is -2.73. The van der Waals surface area contributed by atoms with Crippen LogP contribution in [0.2, 0.25) is 19.6 Å². The molecule has 0 radical (unpaired) electrons. The molecule has 0 nitrogen and oxygen atoms in total. The van der Waals surface area contributed by atoms with E-state index in [9.17, 15) is 0 Å². The van der Waals surface area contributed by atoms with Gasteiger partial charge in [0, 0.05) is 0 Å². The van der Waals surface area contributed by atoms with E-state index < -0.39 is 16.0 Å². The minimum Gasteiger partial charge on any atom is -0.0656 e. The Balaban J connectivity index is 2.12. The molecule has 0 aliphatic carbocycles. The molecule has 4 aromatic carbocycles. The molecular weight excluding hydrogens is 407 g/mol. The minimum absolute atomic E-state index is 0.704. The summed E-state index contributed by atoms with van der Waals surface area (Å²) in [6.07, 6.45) is 0. The predicted molar refractivity (Wildman–Crippen MR) is 142 cm³/mol. The van der Waals surface area contributed by atoms with Crippen molar-refractivity contribution in [2.45, 2.75) is 19.6 Å². The summed E-state index contributed by atoms with van der Waals surface area (Å²) < 4.78 is 0. The van der Waals surface area contributed by atoms with Crippen molar-refractivity contribution in [2.24, 2.45) is 0 Å². The van der Waals surface area contributed by atoms with Gasteiger partial charge in [-0.25, -0.2) is 0 Å². The molecule has 0 saturated heterocycles. The van der Waals surface area contributed by atoms with Crippen molar-refractivity contribution in [3.63, 3.8) is 0 Å². The normalized spacial score (nSPS) is 12.5. The van der Waals surface area contributed by atoms with E-state index in [1.54, 1.807) is 5.20 Å². The molecule has 4 rings (SSSR count). The molecule has 0 heterocycles. The number of rotatable bonds is 6. The molecule has 2 heteroatoms. The van der Waals surface area contributed by atoms with Gasteiger partial charge in [-0.1, -0.05) is 141 Å². The fraction of sp³-hybridized carbons (Fsp3) is 0.103. The lowest BCUT2D eigenvalue weighted by Crippen LogP contribution is -2.26. The minimum atomic E-state index is -1.71. The molecule has 0 N–H and O–H groups in total. The Morgan fingerprint density at radius 3 is 1.23 bits per heavy atom.